The second kappa shape index (κ2) is 8.49. The lowest BCUT2D eigenvalue weighted by Crippen LogP contribution is -2.22. The molecule has 0 spiro atoms. The molecule has 1 aromatic heterocycles. The number of rotatable bonds is 6. The minimum absolute atomic E-state index is 0.123. The van der Waals surface area contributed by atoms with Crippen molar-refractivity contribution in [1.29, 1.82) is 0 Å². The molecule has 1 heterocycles. The highest BCUT2D eigenvalue weighted by Crippen LogP contribution is 2.30. The van der Waals surface area contributed by atoms with Gasteiger partial charge in [-0.1, -0.05) is 90.5 Å². The van der Waals surface area contributed by atoms with E-state index in [0.29, 0.717) is 6.54 Å². The van der Waals surface area contributed by atoms with Gasteiger partial charge in [-0.25, -0.2) is 4.98 Å². The van der Waals surface area contributed by atoms with Crippen LogP contribution in [0.4, 0.5) is 0 Å². The molecule has 0 aliphatic carbocycles. The molecular weight excluding hydrogens is 372 g/mol. The summed E-state index contributed by atoms with van der Waals surface area (Å²) in [5.74, 6) is 0. The molecule has 0 unspecified atom stereocenters. The fraction of sp³-hybridized carbons (Fsp3) is 0.0870. The van der Waals surface area contributed by atoms with Gasteiger partial charge in [-0.3, -0.25) is 0 Å². The Balaban J connectivity index is 1.55. The van der Waals surface area contributed by atoms with Crippen LogP contribution in [0.3, 0.4) is 0 Å². The molecular formula is C23H19ClN2S. The van der Waals surface area contributed by atoms with E-state index in [2.05, 4.69) is 59.2 Å². The van der Waals surface area contributed by atoms with Crippen LogP contribution in [0, 0.1) is 0 Å². The maximum Gasteiger partial charge on any atom is 0.125 e. The molecule has 0 saturated heterocycles. The zero-order chi connectivity index (χ0) is 18.5. The van der Waals surface area contributed by atoms with Gasteiger partial charge in [-0.15, -0.1) is 11.3 Å². The van der Waals surface area contributed by atoms with E-state index in [-0.39, 0.29) is 6.04 Å². The van der Waals surface area contributed by atoms with E-state index in [1.165, 1.54) is 11.1 Å². The van der Waals surface area contributed by atoms with Crippen LogP contribution >= 0.6 is 22.9 Å². The van der Waals surface area contributed by atoms with Gasteiger partial charge >= 0.3 is 0 Å². The van der Waals surface area contributed by atoms with E-state index in [4.69, 9.17) is 16.6 Å². The van der Waals surface area contributed by atoms with Gasteiger partial charge in [-0.05, 0) is 17.2 Å². The maximum atomic E-state index is 6.31. The molecule has 0 aliphatic heterocycles. The smallest absolute Gasteiger partial charge is 0.125 e. The predicted octanol–water partition coefficient (Wildman–Crippen LogP) is 6.34. The molecule has 4 heteroatoms. The Morgan fingerprint density at radius 3 is 2.04 bits per heavy atom. The second-order valence-electron chi connectivity index (χ2n) is 6.26. The summed E-state index contributed by atoms with van der Waals surface area (Å²) in [6.07, 6.45) is 0. The average Bonchev–Trinajstić information content (AvgIpc) is 3.19. The molecule has 4 rings (SSSR count). The molecule has 0 atom stereocenters. The molecule has 0 amide bonds. The van der Waals surface area contributed by atoms with Crippen LogP contribution in [0.2, 0.25) is 5.02 Å². The third-order valence-electron chi connectivity index (χ3n) is 4.41. The second-order valence-corrected chi connectivity index (χ2v) is 7.52. The number of aromatic nitrogens is 1. The van der Waals surface area contributed by atoms with Crippen molar-refractivity contribution in [2.24, 2.45) is 0 Å². The number of hydrogen-bond acceptors (Lipinski definition) is 3. The molecule has 0 fully saturated rings. The van der Waals surface area contributed by atoms with Crippen LogP contribution in [0.1, 0.15) is 22.9 Å². The lowest BCUT2D eigenvalue weighted by molar-refractivity contribution is 0.599. The minimum atomic E-state index is 0.123. The van der Waals surface area contributed by atoms with Crippen molar-refractivity contribution in [1.82, 2.24) is 10.3 Å². The third-order valence-corrected chi connectivity index (χ3v) is 5.66. The number of halogens is 1. The fourth-order valence-electron chi connectivity index (χ4n) is 3.07. The Morgan fingerprint density at radius 2 is 1.41 bits per heavy atom. The SMILES string of the molecule is Clc1ccccc1-c1nc(CNC(c2ccccc2)c2ccccc2)cs1. The lowest BCUT2D eigenvalue weighted by atomic mass is 9.99. The molecule has 2 nitrogen and oxygen atoms in total. The van der Waals surface area contributed by atoms with Crippen LogP contribution < -0.4 is 5.32 Å². The average molecular weight is 391 g/mol. The van der Waals surface area contributed by atoms with Crippen molar-refractivity contribution in [3.05, 3.63) is 112 Å². The minimum Gasteiger partial charge on any atom is -0.301 e. The standard InChI is InChI=1S/C23H19ClN2S/c24-21-14-8-7-13-20(21)23-26-19(16-27-23)15-25-22(17-9-3-1-4-10-17)18-11-5-2-6-12-18/h1-14,16,22,25H,15H2. The van der Waals surface area contributed by atoms with Crippen molar-refractivity contribution < 1.29 is 0 Å². The monoisotopic (exact) mass is 390 g/mol. The van der Waals surface area contributed by atoms with Crippen molar-refractivity contribution in [3.8, 4) is 10.6 Å². The van der Waals surface area contributed by atoms with Crippen molar-refractivity contribution >= 4 is 22.9 Å². The Bertz CT molecular complexity index is 960. The summed E-state index contributed by atoms with van der Waals surface area (Å²) in [7, 11) is 0. The zero-order valence-electron chi connectivity index (χ0n) is 14.7. The Morgan fingerprint density at radius 1 is 0.815 bits per heavy atom. The topological polar surface area (TPSA) is 24.9 Å². The van der Waals surface area contributed by atoms with E-state index in [1.807, 2.05) is 36.4 Å². The molecule has 1 N–H and O–H groups in total. The van der Waals surface area contributed by atoms with E-state index in [0.717, 1.165) is 21.3 Å². The third kappa shape index (κ3) is 4.28. The Hall–Kier alpha value is -2.46. The van der Waals surface area contributed by atoms with Crippen LogP contribution in [0.25, 0.3) is 10.6 Å². The molecule has 3 aromatic carbocycles. The molecule has 0 radical (unpaired) electrons. The number of benzene rings is 3. The number of nitrogens with zero attached hydrogens (tertiary/aromatic N) is 1. The van der Waals surface area contributed by atoms with E-state index >= 15 is 0 Å². The van der Waals surface area contributed by atoms with E-state index in [1.54, 1.807) is 11.3 Å². The van der Waals surface area contributed by atoms with Gasteiger partial charge in [0.05, 0.1) is 16.8 Å². The lowest BCUT2D eigenvalue weighted by Gasteiger charge is -2.19. The van der Waals surface area contributed by atoms with Gasteiger partial charge in [0.2, 0.25) is 0 Å². The normalized spacial score (nSPS) is 11.0. The Labute approximate surface area is 168 Å². The largest absolute Gasteiger partial charge is 0.301 e. The van der Waals surface area contributed by atoms with Crippen molar-refractivity contribution in [3.63, 3.8) is 0 Å². The van der Waals surface area contributed by atoms with Gasteiger partial charge in [-0.2, -0.15) is 0 Å². The summed E-state index contributed by atoms with van der Waals surface area (Å²) in [6, 6.07) is 29.0. The molecule has 0 bridgehead atoms. The summed E-state index contributed by atoms with van der Waals surface area (Å²) >= 11 is 7.93. The van der Waals surface area contributed by atoms with Crippen molar-refractivity contribution in [2.75, 3.05) is 0 Å². The number of nitrogens with one attached hydrogen (secondary N) is 1. The molecule has 134 valence electrons. The van der Waals surface area contributed by atoms with Crippen LogP contribution in [-0.4, -0.2) is 4.98 Å². The quantitative estimate of drug-likeness (QED) is 0.415. The first-order valence-electron chi connectivity index (χ1n) is 8.84. The maximum absolute atomic E-state index is 6.31. The van der Waals surface area contributed by atoms with Gasteiger partial charge in [0.25, 0.3) is 0 Å². The highest BCUT2D eigenvalue weighted by molar-refractivity contribution is 7.13. The molecule has 0 aliphatic rings. The van der Waals surface area contributed by atoms with E-state index < -0.39 is 0 Å². The first-order valence-corrected chi connectivity index (χ1v) is 10.1. The van der Waals surface area contributed by atoms with Crippen molar-refractivity contribution in [2.45, 2.75) is 12.6 Å². The molecule has 4 aromatic rings. The summed E-state index contributed by atoms with van der Waals surface area (Å²) in [6.45, 7) is 0.690. The number of thiazole rings is 1. The van der Waals surface area contributed by atoms with Gasteiger partial charge in [0.15, 0.2) is 0 Å². The highest BCUT2D eigenvalue weighted by Gasteiger charge is 2.14. The first kappa shape index (κ1) is 17.9. The zero-order valence-corrected chi connectivity index (χ0v) is 16.3. The number of hydrogen-bond donors (Lipinski definition) is 1. The first-order chi connectivity index (χ1) is 13.3. The van der Waals surface area contributed by atoms with E-state index in [9.17, 15) is 0 Å². The fourth-order valence-corrected chi connectivity index (χ4v) is 4.21. The van der Waals surface area contributed by atoms with Crippen LogP contribution in [-0.2, 0) is 6.54 Å². The summed E-state index contributed by atoms with van der Waals surface area (Å²) in [5, 5.41) is 7.44. The Kier molecular flexibility index (Phi) is 5.64. The molecule has 27 heavy (non-hydrogen) atoms. The van der Waals surface area contributed by atoms with Gasteiger partial charge in [0.1, 0.15) is 5.01 Å². The van der Waals surface area contributed by atoms with Crippen LogP contribution in [0.15, 0.2) is 90.3 Å². The predicted molar refractivity (Wildman–Crippen MR) is 114 cm³/mol. The van der Waals surface area contributed by atoms with Gasteiger partial charge < -0.3 is 5.32 Å². The van der Waals surface area contributed by atoms with Crippen LogP contribution in [0.5, 0.6) is 0 Å². The molecule has 0 saturated carbocycles. The summed E-state index contributed by atoms with van der Waals surface area (Å²) in [4.78, 5) is 4.77. The highest BCUT2D eigenvalue weighted by atomic mass is 35.5. The summed E-state index contributed by atoms with van der Waals surface area (Å²) in [5.41, 5.74) is 4.49. The summed E-state index contributed by atoms with van der Waals surface area (Å²) < 4.78 is 0. The van der Waals surface area contributed by atoms with Gasteiger partial charge in [0, 0.05) is 17.5 Å².